The van der Waals surface area contributed by atoms with Gasteiger partial charge in [-0.15, -0.1) is 0 Å². The van der Waals surface area contributed by atoms with Gasteiger partial charge in [-0.25, -0.2) is 0 Å². The predicted molar refractivity (Wildman–Crippen MR) is 61.0 cm³/mol. The number of aryl methyl sites for hydroxylation is 1. The van der Waals surface area contributed by atoms with Crippen molar-refractivity contribution < 1.29 is 0 Å². The topological polar surface area (TPSA) is 23.8 Å². The maximum atomic E-state index is 8.74. The molecule has 0 N–H and O–H groups in total. The predicted octanol–water partition coefficient (Wildman–Crippen LogP) is 3.90. The largest absolute Gasteiger partial charge is 0.193 e. The van der Waals surface area contributed by atoms with Crippen LogP contribution in [0.2, 0.25) is 0 Å². The van der Waals surface area contributed by atoms with E-state index in [4.69, 9.17) is 5.26 Å². The van der Waals surface area contributed by atoms with Crippen LogP contribution in [0.4, 0.5) is 0 Å². The first-order valence-electron chi connectivity index (χ1n) is 4.59. The molecular weight excluding hydrogens is 190 g/mol. The summed E-state index contributed by atoms with van der Waals surface area (Å²) >= 11 is 1.62. The molecule has 0 saturated heterocycles. The summed E-state index contributed by atoms with van der Waals surface area (Å²) in [5, 5.41) is 10.7. The third-order valence-electron chi connectivity index (χ3n) is 1.95. The average Bonchev–Trinajstić information content (AvgIpc) is 2.22. The Morgan fingerprint density at radius 1 is 1.50 bits per heavy atom. The molecule has 0 atom stereocenters. The van der Waals surface area contributed by atoms with Crippen LogP contribution < -0.4 is 0 Å². The standard InChI is InChI=1S/C12H13NS/c1-3-11(8-13)9-14-12-7-5-4-6-10(12)2/h4-7,9H,3H2,1-2H3. The van der Waals surface area contributed by atoms with Crippen LogP contribution in [-0.4, -0.2) is 0 Å². The average molecular weight is 203 g/mol. The molecule has 0 bridgehead atoms. The van der Waals surface area contributed by atoms with Gasteiger partial charge in [-0.05, 0) is 30.4 Å². The van der Waals surface area contributed by atoms with Crippen LogP contribution in [0.1, 0.15) is 18.9 Å². The molecule has 2 heteroatoms. The molecule has 0 heterocycles. The molecule has 0 aliphatic carbocycles. The van der Waals surface area contributed by atoms with E-state index in [1.54, 1.807) is 11.8 Å². The van der Waals surface area contributed by atoms with E-state index >= 15 is 0 Å². The van der Waals surface area contributed by atoms with Crippen LogP contribution in [0.15, 0.2) is 40.1 Å². The minimum atomic E-state index is 0.801. The summed E-state index contributed by atoms with van der Waals surface area (Å²) in [6.45, 7) is 4.07. The fourth-order valence-corrected chi connectivity index (χ4v) is 1.91. The van der Waals surface area contributed by atoms with Crippen molar-refractivity contribution in [2.45, 2.75) is 25.2 Å². The molecule has 0 spiro atoms. The Balaban J connectivity index is 2.76. The van der Waals surface area contributed by atoms with Gasteiger partial charge in [-0.3, -0.25) is 0 Å². The van der Waals surface area contributed by atoms with Crippen molar-refractivity contribution in [3.8, 4) is 6.07 Å². The Labute approximate surface area is 89.4 Å². The smallest absolute Gasteiger partial charge is 0.0952 e. The normalized spacial score (nSPS) is 11.1. The number of hydrogen-bond acceptors (Lipinski definition) is 2. The van der Waals surface area contributed by atoms with Crippen molar-refractivity contribution in [2.24, 2.45) is 0 Å². The highest BCUT2D eigenvalue weighted by molar-refractivity contribution is 8.02. The van der Waals surface area contributed by atoms with Gasteiger partial charge >= 0.3 is 0 Å². The molecule has 0 aromatic heterocycles. The number of nitrogens with zero attached hydrogens (tertiary/aromatic N) is 1. The van der Waals surface area contributed by atoms with Crippen molar-refractivity contribution in [2.75, 3.05) is 0 Å². The van der Waals surface area contributed by atoms with Crippen molar-refractivity contribution in [1.82, 2.24) is 0 Å². The summed E-state index contributed by atoms with van der Waals surface area (Å²) in [7, 11) is 0. The van der Waals surface area contributed by atoms with Crippen LogP contribution in [-0.2, 0) is 0 Å². The summed E-state index contributed by atoms with van der Waals surface area (Å²) in [4.78, 5) is 1.22. The monoisotopic (exact) mass is 203 g/mol. The third-order valence-corrected chi connectivity index (χ3v) is 3.06. The molecule has 72 valence electrons. The summed E-state index contributed by atoms with van der Waals surface area (Å²) in [5.41, 5.74) is 2.08. The van der Waals surface area contributed by atoms with Gasteiger partial charge in [0.1, 0.15) is 0 Å². The van der Waals surface area contributed by atoms with E-state index in [-0.39, 0.29) is 0 Å². The Morgan fingerprint density at radius 2 is 2.21 bits per heavy atom. The van der Waals surface area contributed by atoms with E-state index in [1.165, 1.54) is 10.5 Å². The number of hydrogen-bond donors (Lipinski definition) is 0. The van der Waals surface area contributed by atoms with Crippen molar-refractivity contribution in [1.29, 1.82) is 5.26 Å². The zero-order valence-electron chi connectivity index (χ0n) is 8.45. The van der Waals surface area contributed by atoms with Crippen molar-refractivity contribution in [3.05, 3.63) is 40.8 Å². The molecule has 1 aromatic carbocycles. The zero-order valence-corrected chi connectivity index (χ0v) is 9.27. The van der Waals surface area contributed by atoms with Gasteiger partial charge in [0.05, 0.1) is 6.07 Å². The molecule has 0 aliphatic rings. The summed E-state index contributed by atoms with van der Waals surface area (Å²) in [6.07, 6.45) is 0.801. The molecule has 14 heavy (non-hydrogen) atoms. The molecule has 1 nitrogen and oxygen atoms in total. The molecule has 0 fully saturated rings. The van der Waals surface area contributed by atoms with Crippen LogP contribution >= 0.6 is 11.8 Å². The second kappa shape index (κ2) is 5.51. The number of rotatable bonds is 3. The third kappa shape index (κ3) is 2.93. The number of benzene rings is 1. The molecular formula is C12H13NS. The van der Waals surface area contributed by atoms with E-state index in [0.29, 0.717) is 0 Å². The van der Waals surface area contributed by atoms with E-state index in [9.17, 15) is 0 Å². The van der Waals surface area contributed by atoms with E-state index in [0.717, 1.165) is 12.0 Å². The fourth-order valence-electron chi connectivity index (χ4n) is 1.01. The van der Waals surface area contributed by atoms with Crippen molar-refractivity contribution in [3.63, 3.8) is 0 Å². The SMILES string of the molecule is CCC(C#N)=CSc1ccccc1C. The number of thioether (sulfide) groups is 1. The number of allylic oxidation sites excluding steroid dienone is 1. The maximum Gasteiger partial charge on any atom is 0.0952 e. The summed E-state index contributed by atoms with van der Waals surface area (Å²) < 4.78 is 0. The molecule has 1 aromatic rings. The molecule has 0 amide bonds. The van der Waals surface area contributed by atoms with Crippen LogP contribution in [0.5, 0.6) is 0 Å². The zero-order chi connectivity index (χ0) is 10.4. The molecule has 0 aliphatic heterocycles. The lowest BCUT2D eigenvalue weighted by atomic mass is 10.2. The summed E-state index contributed by atoms with van der Waals surface area (Å²) in [6, 6.07) is 10.4. The molecule has 0 unspecified atom stereocenters. The van der Waals surface area contributed by atoms with Crippen LogP contribution in [0, 0.1) is 18.3 Å². The van der Waals surface area contributed by atoms with Gasteiger partial charge in [0.25, 0.3) is 0 Å². The lowest BCUT2D eigenvalue weighted by Crippen LogP contribution is -1.77. The molecule has 0 radical (unpaired) electrons. The van der Waals surface area contributed by atoms with Crippen LogP contribution in [0.25, 0.3) is 0 Å². The summed E-state index contributed by atoms with van der Waals surface area (Å²) in [5.74, 6) is 0. The Hall–Kier alpha value is -1.20. The van der Waals surface area contributed by atoms with E-state index in [1.807, 2.05) is 24.5 Å². The first kappa shape index (κ1) is 10.9. The minimum absolute atomic E-state index is 0.801. The van der Waals surface area contributed by atoms with Gasteiger partial charge in [-0.1, -0.05) is 36.9 Å². The second-order valence-electron chi connectivity index (χ2n) is 2.99. The quantitative estimate of drug-likeness (QED) is 0.549. The lowest BCUT2D eigenvalue weighted by molar-refractivity contribution is 1.16. The molecule has 1 rings (SSSR count). The van der Waals surface area contributed by atoms with E-state index < -0.39 is 0 Å². The van der Waals surface area contributed by atoms with Crippen LogP contribution in [0.3, 0.4) is 0 Å². The Kier molecular flexibility index (Phi) is 4.28. The highest BCUT2D eigenvalue weighted by Crippen LogP contribution is 2.24. The van der Waals surface area contributed by atoms with E-state index in [2.05, 4.69) is 25.1 Å². The fraction of sp³-hybridized carbons (Fsp3) is 0.250. The maximum absolute atomic E-state index is 8.74. The first-order chi connectivity index (χ1) is 6.77. The lowest BCUT2D eigenvalue weighted by Gasteiger charge is -2.00. The minimum Gasteiger partial charge on any atom is -0.193 e. The van der Waals surface area contributed by atoms with Gasteiger partial charge in [0.2, 0.25) is 0 Å². The van der Waals surface area contributed by atoms with Gasteiger partial charge in [-0.2, -0.15) is 5.26 Å². The van der Waals surface area contributed by atoms with Gasteiger partial charge in [0, 0.05) is 10.5 Å². The van der Waals surface area contributed by atoms with Gasteiger partial charge < -0.3 is 0 Å². The Bertz CT molecular complexity index is 374. The first-order valence-corrected chi connectivity index (χ1v) is 5.47. The van der Waals surface area contributed by atoms with Gasteiger partial charge in [0.15, 0.2) is 0 Å². The highest BCUT2D eigenvalue weighted by Gasteiger charge is 1.96. The van der Waals surface area contributed by atoms with Crippen molar-refractivity contribution >= 4 is 11.8 Å². The number of nitriles is 1. The second-order valence-corrected chi connectivity index (χ2v) is 3.90. The molecule has 0 saturated carbocycles. The Morgan fingerprint density at radius 3 is 2.79 bits per heavy atom. The highest BCUT2D eigenvalue weighted by atomic mass is 32.2.